The molecule has 0 aromatic rings. The van der Waals surface area contributed by atoms with Crippen molar-refractivity contribution in [3.63, 3.8) is 0 Å². The maximum absolute atomic E-state index is 15.1. The summed E-state index contributed by atoms with van der Waals surface area (Å²) in [7, 11) is 8.58. The SMILES string of the molecule is C/C=C/C[C@@H](C)[C@@H](O)[C@@H]1NC(=O)[C@H](C(C)C)N(C)C(=O)[C@H](CC(C)C)N(C)C(=O)[C@H](CC(C)C)N(C)C(=O)[C@@H](C)NC(=O)[C@H](C)NC(=O)[C@H](CC(C)C)N(C)C(=O)[C@H](C(C)C)NC(=O)[C@H]([C@H](C)CN2CCCOCC2)N(C)C(=O)CN(C)C(=O)[C@H](CC)NC1=O. The number of carbonyl (C=O) groups excluding carboxylic acids is 11. The van der Waals surface area contributed by atoms with Gasteiger partial charge in [0.2, 0.25) is 65.0 Å². The normalized spacial score (nSPS) is 27.6. The Balaban J connectivity index is 2.98. The summed E-state index contributed by atoms with van der Waals surface area (Å²) in [5.74, 6) is -10.4. The second-order valence-electron chi connectivity index (χ2n) is 27.2. The van der Waals surface area contributed by atoms with Crippen molar-refractivity contribution in [2.45, 2.75) is 216 Å². The summed E-state index contributed by atoms with van der Waals surface area (Å²) in [5, 5.41) is 25.8. The number of nitrogens with zero attached hydrogens (tertiary/aromatic N) is 7. The molecule has 0 spiro atoms. The van der Waals surface area contributed by atoms with Gasteiger partial charge in [0, 0.05) is 68.5 Å². The van der Waals surface area contributed by atoms with Gasteiger partial charge in [-0.25, -0.2) is 0 Å². The maximum atomic E-state index is 15.1. The van der Waals surface area contributed by atoms with Crippen LogP contribution < -0.4 is 26.6 Å². The lowest BCUT2D eigenvalue weighted by molar-refractivity contribution is -0.154. The Labute approximate surface area is 537 Å². The quantitative estimate of drug-likeness (QED) is 0.121. The summed E-state index contributed by atoms with van der Waals surface area (Å²) in [6, 6.07) is -12.6. The van der Waals surface area contributed by atoms with Crippen LogP contribution in [0, 0.1) is 41.4 Å². The standard InChI is InChI=1S/C65H116N12O13/c1-23-25-27-42(13)55(79)52-58(82)68-46(24-2)62(86)71(17)36-50(78)75(21)54(43(14)35-77-28-26-30-90-31-29-77)60(84)69-51(40(9)10)65(89)72(18)47(32-37(3)4)57(81)66-44(15)56(80)67-45(16)61(85)73(19)48(33-38(5)6)63(87)74(20)49(34-39(7)8)64(88)76(22)53(41(11)12)59(83)70-52/h23,25,37-49,51-55,79H,24,26-36H2,1-22H3,(H,66,81)(H,67,80)(H,68,82)(H,69,84)(H,70,83)/b25-23+/t42-,43-,44+,45-,46+,47+,48+,49+,51+,52+,53+,54+,55-/m1/s1. The van der Waals surface area contributed by atoms with Gasteiger partial charge >= 0.3 is 0 Å². The van der Waals surface area contributed by atoms with Gasteiger partial charge in [-0.2, -0.15) is 0 Å². The first-order valence-electron chi connectivity index (χ1n) is 32.5. The van der Waals surface area contributed by atoms with Crippen LogP contribution in [-0.4, -0.2) is 253 Å². The molecule has 2 aliphatic rings. The molecule has 25 heteroatoms. The molecular formula is C65H116N12O13. The number of aliphatic hydroxyl groups excluding tert-OH is 1. The maximum Gasteiger partial charge on any atom is 0.245 e. The Bertz CT molecular complexity index is 2450. The number of hydrogen-bond donors (Lipinski definition) is 6. The lowest BCUT2D eigenvalue weighted by Crippen LogP contribution is -2.63. The predicted molar refractivity (Wildman–Crippen MR) is 345 cm³/mol. The molecular weight excluding hydrogens is 1160 g/mol. The molecule has 11 amide bonds. The molecule has 2 rings (SSSR count). The number of aliphatic hydroxyl groups is 1. The summed E-state index contributed by atoms with van der Waals surface area (Å²) in [6.45, 7) is 29.9. The molecule has 2 saturated heterocycles. The zero-order valence-corrected chi connectivity index (χ0v) is 58.5. The molecule has 0 aliphatic carbocycles. The highest BCUT2D eigenvalue weighted by atomic mass is 16.5. The topological polar surface area (TPSA) is 300 Å². The number of likely N-dealkylation sites (N-methyl/N-ethyl adjacent to an activating group) is 6. The molecule has 13 atom stereocenters. The summed E-state index contributed by atoms with van der Waals surface area (Å²) in [5.41, 5.74) is 0. The third kappa shape index (κ3) is 22.9. The molecule has 6 N–H and O–H groups in total. The van der Waals surface area contributed by atoms with Gasteiger partial charge in [-0.05, 0) is 101 Å². The second-order valence-corrected chi connectivity index (χ2v) is 27.2. The van der Waals surface area contributed by atoms with Crippen molar-refractivity contribution >= 4 is 65.0 Å². The average Bonchev–Trinajstić information content (AvgIpc) is 1.02. The smallest absolute Gasteiger partial charge is 0.245 e. The van der Waals surface area contributed by atoms with Crippen molar-refractivity contribution in [2.75, 3.05) is 81.7 Å². The van der Waals surface area contributed by atoms with Crippen LogP contribution in [0.4, 0.5) is 0 Å². The van der Waals surface area contributed by atoms with Crippen LogP contribution in [0.3, 0.4) is 0 Å². The molecule has 2 fully saturated rings. The van der Waals surface area contributed by atoms with E-state index in [1.54, 1.807) is 60.6 Å². The van der Waals surface area contributed by atoms with Crippen molar-refractivity contribution in [3.8, 4) is 0 Å². The van der Waals surface area contributed by atoms with Gasteiger partial charge in [0.05, 0.1) is 19.3 Å². The first-order chi connectivity index (χ1) is 41.9. The van der Waals surface area contributed by atoms with Crippen molar-refractivity contribution in [2.24, 2.45) is 41.4 Å². The van der Waals surface area contributed by atoms with E-state index in [1.807, 2.05) is 48.5 Å². The lowest BCUT2D eigenvalue weighted by Gasteiger charge is -2.40. The fraction of sp³-hybridized carbons (Fsp3) is 0.800. The van der Waals surface area contributed by atoms with E-state index in [-0.39, 0.29) is 43.4 Å². The van der Waals surface area contributed by atoms with Gasteiger partial charge in [0.1, 0.15) is 60.4 Å². The van der Waals surface area contributed by atoms with E-state index in [2.05, 4.69) is 31.5 Å². The van der Waals surface area contributed by atoms with Gasteiger partial charge in [-0.3, -0.25) is 52.7 Å². The van der Waals surface area contributed by atoms with Gasteiger partial charge in [0.25, 0.3) is 0 Å². The van der Waals surface area contributed by atoms with Crippen LogP contribution in [0.15, 0.2) is 12.2 Å². The van der Waals surface area contributed by atoms with Crippen molar-refractivity contribution in [1.82, 2.24) is 60.9 Å². The Morgan fingerprint density at radius 2 is 1.02 bits per heavy atom. The van der Waals surface area contributed by atoms with E-state index >= 15 is 9.59 Å². The number of allylic oxidation sites excluding steroid dienone is 2. The molecule has 2 aliphatic heterocycles. The third-order valence-electron chi connectivity index (χ3n) is 17.3. The predicted octanol–water partition coefficient (Wildman–Crippen LogP) is 2.24. The molecule has 0 radical (unpaired) electrons. The second kappa shape index (κ2) is 37.3. The van der Waals surface area contributed by atoms with Gasteiger partial charge in [-0.1, -0.05) is 102 Å². The average molecular weight is 1270 g/mol. The summed E-state index contributed by atoms with van der Waals surface area (Å²) in [6.07, 6.45) is 3.53. The van der Waals surface area contributed by atoms with E-state index in [0.29, 0.717) is 39.3 Å². The van der Waals surface area contributed by atoms with Crippen LogP contribution in [0.2, 0.25) is 0 Å². The number of carbonyl (C=O) groups is 11. The Morgan fingerprint density at radius 1 is 0.522 bits per heavy atom. The molecule has 90 heavy (non-hydrogen) atoms. The first kappa shape index (κ1) is 79.9. The van der Waals surface area contributed by atoms with Crippen molar-refractivity contribution < 1.29 is 62.6 Å². The number of rotatable bonds is 16. The van der Waals surface area contributed by atoms with Crippen LogP contribution in [0.5, 0.6) is 0 Å². The molecule has 0 bridgehead atoms. The van der Waals surface area contributed by atoms with Crippen molar-refractivity contribution in [1.29, 1.82) is 0 Å². The fourth-order valence-corrected chi connectivity index (χ4v) is 11.8. The zero-order valence-electron chi connectivity index (χ0n) is 58.5. The Morgan fingerprint density at radius 3 is 1.54 bits per heavy atom. The third-order valence-corrected chi connectivity index (χ3v) is 17.3. The van der Waals surface area contributed by atoms with E-state index < -0.39 is 162 Å². The molecule has 0 unspecified atom stereocenters. The molecule has 0 aromatic heterocycles. The minimum absolute atomic E-state index is 0.00851. The van der Waals surface area contributed by atoms with Crippen LogP contribution >= 0.6 is 0 Å². The van der Waals surface area contributed by atoms with Crippen molar-refractivity contribution in [3.05, 3.63) is 12.2 Å². The molecule has 514 valence electrons. The van der Waals surface area contributed by atoms with Gasteiger partial charge in [-0.15, -0.1) is 0 Å². The zero-order chi connectivity index (χ0) is 68.9. The first-order valence-corrected chi connectivity index (χ1v) is 32.5. The summed E-state index contributed by atoms with van der Waals surface area (Å²) >= 11 is 0. The highest BCUT2D eigenvalue weighted by molar-refractivity contribution is 5.99. The van der Waals surface area contributed by atoms with Gasteiger partial charge in [0.15, 0.2) is 0 Å². The van der Waals surface area contributed by atoms with E-state index in [0.717, 1.165) is 11.3 Å². The van der Waals surface area contributed by atoms with Gasteiger partial charge < -0.3 is 70.7 Å². The monoisotopic (exact) mass is 1270 g/mol. The number of ether oxygens (including phenoxy) is 1. The van der Waals surface area contributed by atoms with E-state index in [9.17, 15) is 48.3 Å². The molecule has 25 nitrogen and oxygen atoms in total. The molecule has 0 aromatic carbocycles. The van der Waals surface area contributed by atoms with Crippen LogP contribution in [0.1, 0.15) is 149 Å². The Hall–Kier alpha value is -6.21. The summed E-state index contributed by atoms with van der Waals surface area (Å²) in [4.78, 5) is 171. The number of amides is 11. The highest BCUT2D eigenvalue weighted by Gasteiger charge is 2.44. The van der Waals surface area contributed by atoms with E-state index in [4.69, 9.17) is 4.74 Å². The minimum atomic E-state index is -1.67. The lowest BCUT2D eigenvalue weighted by atomic mass is 9.92. The van der Waals surface area contributed by atoms with Crippen LogP contribution in [0.25, 0.3) is 0 Å². The molecule has 2 heterocycles. The summed E-state index contributed by atoms with van der Waals surface area (Å²) < 4.78 is 5.70. The Kier molecular flexibility index (Phi) is 33.1. The molecule has 0 saturated carbocycles. The highest BCUT2D eigenvalue weighted by Crippen LogP contribution is 2.24. The van der Waals surface area contributed by atoms with Crippen LogP contribution in [-0.2, 0) is 57.5 Å². The minimum Gasteiger partial charge on any atom is -0.390 e. The van der Waals surface area contributed by atoms with E-state index in [1.165, 1.54) is 80.6 Å². The fourth-order valence-electron chi connectivity index (χ4n) is 11.8. The number of hydrogen-bond acceptors (Lipinski definition) is 14. The largest absolute Gasteiger partial charge is 0.390 e. The number of nitrogens with one attached hydrogen (secondary N) is 5.